The molecule has 0 aliphatic carbocycles. The molecule has 3 N–H and O–H groups in total. The summed E-state index contributed by atoms with van der Waals surface area (Å²) in [5, 5.41) is 12.7. The first-order valence-corrected chi connectivity index (χ1v) is 6.22. The smallest absolute Gasteiger partial charge is 0.149 e. The zero-order valence-electron chi connectivity index (χ0n) is 10.6. The fourth-order valence-corrected chi connectivity index (χ4v) is 2.13. The SMILES string of the molecule is OCCNc1cc(-c2ccncc2F)c2cc[nH]c2n1. The molecule has 0 atom stereocenters. The maximum absolute atomic E-state index is 13.9. The Hall–Kier alpha value is -2.47. The third-order valence-corrected chi connectivity index (χ3v) is 3.01. The molecule has 3 aromatic heterocycles. The topological polar surface area (TPSA) is 73.8 Å². The zero-order chi connectivity index (χ0) is 13.9. The van der Waals surface area contributed by atoms with Crippen LogP contribution in [0.3, 0.4) is 0 Å². The molecule has 5 nitrogen and oxygen atoms in total. The Morgan fingerprint density at radius 3 is 3.00 bits per heavy atom. The molecule has 0 radical (unpaired) electrons. The van der Waals surface area contributed by atoms with Gasteiger partial charge in [0.1, 0.15) is 17.3 Å². The van der Waals surface area contributed by atoms with Crippen LogP contribution in [0, 0.1) is 5.82 Å². The van der Waals surface area contributed by atoms with E-state index in [1.807, 2.05) is 6.07 Å². The van der Waals surface area contributed by atoms with Crippen molar-refractivity contribution in [3.63, 3.8) is 0 Å². The lowest BCUT2D eigenvalue weighted by Crippen LogP contribution is -2.07. The van der Waals surface area contributed by atoms with Crippen molar-refractivity contribution in [1.82, 2.24) is 15.0 Å². The monoisotopic (exact) mass is 272 g/mol. The summed E-state index contributed by atoms with van der Waals surface area (Å²) in [7, 11) is 0. The molecule has 0 unspecified atom stereocenters. The molecule has 102 valence electrons. The standard InChI is InChI=1S/C14H13FN4O/c15-12-8-16-3-1-9(12)11-7-13(17-5-6-20)19-14-10(11)2-4-18-14/h1-4,7-8,20H,5-6H2,(H2,17,18,19). The molecule has 0 saturated heterocycles. The Balaban J connectivity index is 2.17. The fraction of sp³-hybridized carbons (Fsp3) is 0.143. The summed E-state index contributed by atoms with van der Waals surface area (Å²) in [6, 6.07) is 5.25. The number of fused-ring (bicyclic) bond motifs is 1. The minimum Gasteiger partial charge on any atom is -0.395 e. The molecule has 0 saturated carbocycles. The van der Waals surface area contributed by atoms with Crippen molar-refractivity contribution in [2.45, 2.75) is 0 Å². The average molecular weight is 272 g/mol. The van der Waals surface area contributed by atoms with Crippen molar-refractivity contribution in [1.29, 1.82) is 0 Å². The molecule has 3 rings (SSSR count). The second kappa shape index (κ2) is 5.26. The third kappa shape index (κ3) is 2.21. The zero-order valence-corrected chi connectivity index (χ0v) is 10.6. The predicted octanol–water partition coefficient (Wildman–Crippen LogP) is 2.17. The van der Waals surface area contributed by atoms with Gasteiger partial charge in [0.15, 0.2) is 0 Å². The largest absolute Gasteiger partial charge is 0.395 e. The number of hydrogen-bond acceptors (Lipinski definition) is 4. The molecule has 3 heterocycles. The van der Waals surface area contributed by atoms with Crippen LogP contribution in [0.25, 0.3) is 22.2 Å². The Kier molecular flexibility index (Phi) is 3.30. The Morgan fingerprint density at radius 2 is 2.20 bits per heavy atom. The number of pyridine rings is 2. The number of aliphatic hydroxyl groups excluding tert-OH is 1. The van der Waals surface area contributed by atoms with Crippen LogP contribution in [-0.4, -0.2) is 33.2 Å². The first kappa shape index (κ1) is 12.6. The maximum Gasteiger partial charge on any atom is 0.149 e. The molecule has 6 heteroatoms. The van der Waals surface area contributed by atoms with E-state index < -0.39 is 0 Å². The maximum atomic E-state index is 13.9. The van der Waals surface area contributed by atoms with Gasteiger partial charge in [0.05, 0.1) is 12.8 Å². The predicted molar refractivity (Wildman–Crippen MR) is 74.9 cm³/mol. The number of hydrogen-bond donors (Lipinski definition) is 3. The van der Waals surface area contributed by atoms with Gasteiger partial charge < -0.3 is 15.4 Å². The summed E-state index contributed by atoms with van der Waals surface area (Å²) < 4.78 is 13.9. The number of aliphatic hydroxyl groups is 1. The Bertz CT molecular complexity index is 741. The van der Waals surface area contributed by atoms with E-state index in [0.29, 0.717) is 23.6 Å². The highest BCUT2D eigenvalue weighted by Gasteiger charge is 2.12. The molecular formula is C14H13FN4O. The van der Waals surface area contributed by atoms with E-state index in [9.17, 15) is 4.39 Å². The minimum atomic E-state index is -0.380. The van der Waals surface area contributed by atoms with Crippen LogP contribution in [0.1, 0.15) is 0 Å². The van der Waals surface area contributed by atoms with Crippen LogP contribution in [0.15, 0.2) is 36.8 Å². The van der Waals surface area contributed by atoms with Crippen LogP contribution in [0.4, 0.5) is 10.2 Å². The Labute approximate surface area is 114 Å². The van der Waals surface area contributed by atoms with Gasteiger partial charge in [-0.05, 0) is 23.8 Å². The van der Waals surface area contributed by atoms with Crippen molar-refractivity contribution in [2.24, 2.45) is 0 Å². The molecule has 3 aromatic rings. The average Bonchev–Trinajstić information content (AvgIpc) is 2.93. The highest BCUT2D eigenvalue weighted by molar-refractivity contribution is 5.94. The van der Waals surface area contributed by atoms with Crippen LogP contribution in [-0.2, 0) is 0 Å². The van der Waals surface area contributed by atoms with Gasteiger partial charge in [-0.1, -0.05) is 0 Å². The number of aromatic nitrogens is 3. The summed E-state index contributed by atoms with van der Waals surface area (Å²) in [4.78, 5) is 11.2. The van der Waals surface area contributed by atoms with Gasteiger partial charge >= 0.3 is 0 Å². The quantitative estimate of drug-likeness (QED) is 0.680. The number of rotatable bonds is 4. The van der Waals surface area contributed by atoms with E-state index in [4.69, 9.17) is 5.11 Å². The van der Waals surface area contributed by atoms with Gasteiger partial charge in [-0.25, -0.2) is 9.37 Å². The van der Waals surface area contributed by atoms with Crippen LogP contribution in [0.2, 0.25) is 0 Å². The molecule has 20 heavy (non-hydrogen) atoms. The summed E-state index contributed by atoms with van der Waals surface area (Å²) in [5.74, 6) is 0.203. The third-order valence-electron chi connectivity index (χ3n) is 3.01. The Morgan fingerprint density at radius 1 is 1.30 bits per heavy atom. The lowest BCUT2D eigenvalue weighted by molar-refractivity contribution is 0.311. The first-order chi connectivity index (χ1) is 9.79. The van der Waals surface area contributed by atoms with E-state index in [2.05, 4.69) is 20.3 Å². The second-order valence-corrected chi connectivity index (χ2v) is 4.30. The lowest BCUT2D eigenvalue weighted by Gasteiger charge is -2.09. The molecule has 0 aromatic carbocycles. The van der Waals surface area contributed by atoms with E-state index in [1.165, 1.54) is 6.20 Å². The van der Waals surface area contributed by atoms with Crippen molar-refractivity contribution in [3.8, 4) is 11.1 Å². The number of nitrogens with zero attached hydrogens (tertiary/aromatic N) is 2. The van der Waals surface area contributed by atoms with Gasteiger partial charge in [-0.3, -0.25) is 4.98 Å². The molecule has 0 spiro atoms. The van der Waals surface area contributed by atoms with E-state index >= 15 is 0 Å². The first-order valence-electron chi connectivity index (χ1n) is 6.22. The second-order valence-electron chi connectivity index (χ2n) is 4.30. The highest BCUT2D eigenvalue weighted by Crippen LogP contribution is 2.30. The molecule has 0 amide bonds. The number of H-pyrrole nitrogens is 1. The van der Waals surface area contributed by atoms with Crippen LogP contribution in [0.5, 0.6) is 0 Å². The van der Waals surface area contributed by atoms with Crippen molar-refractivity contribution >= 4 is 16.9 Å². The molecule has 0 aliphatic rings. The normalized spacial score (nSPS) is 10.9. The summed E-state index contributed by atoms with van der Waals surface area (Å²) in [6.07, 6.45) is 4.50. The van der Waals surface area contributed by atoms with Gasteiger partial charge in [-0.15, -0.1) is 0 Å². The van der Waals surface area contributed by atoms with E-state index in [1.54, 1.807) is 24.5 Å². The van der Waals surface area contributed by atoms with Gasteiger partial charge in [0, 0.05) is 29.9 Å². The van der Waals surface area contributed by atoms with Gasteiger partial charge in [0.2, 0.25) is 0 Å². The van der Waals surface area contributed by atoms with E-state index in [0.717, 1.165) is 10.9 Å². The van der Waals surface area contributed by atoms with Crippen LogP contribution >= 0.6 is 0 Å². The number of anilines is 1. The minimum absolute atomic E-state index is 0.00337. The van der Waals surface area contributed by atoms with Crippen molar-refractivity contribution in [3.05, 3.63) is 42.6 Å². The fourth-order valence-electron chi connectivity index (χ4n) is 2.13. The summed E-state index contributed by atoms with van der Waals surface area (Å²) >= 11 is 0. The van der Waals surface area contributed by atoms with Crippen molar-refractivity contribution in [2.75, 3.05) is 18.5 Å². The molecular weight excluding hydrogens is 259 g/mol. The summed E-state index contributed by atoms with van der Waals surface area (Å²) in [5.41, 5.74) is 1.87. The van der Waals surface area contributed by atoms with Crippen molar-refractivity contribution < 1.29 is 9.50 Å². The number of aromatic amines is 1. The van der Waals surface area contributed by atoms with Gasteiger partial charge in [0.25, 0.3) is 0 Å². The molecule has 0 fully saturated rings. The number of nitrogens with one attached hydrogen (secondary N) is 2. The summed E-state index contributed by atoms with van der Waals surface area (Å²) in [6.45, 7) is 0.390. The molecule has 0 aliphatic heterocycles. The lowest BCUT2D eigenvalue weighted by atomic mass is 10.0. The van der Waals surface area contributed by atoms with E-state index in [-0.39, 0.29) is 12.4 Å². The van der Waals surface area contributed by atoms with Crippen LogP contribution < -0.4 is 5.32 Å². The number of halogens is 1. The van der Waals surface area contributed by atoms with Gasteiger partial charge in [-0.2, -0.15) is 0 Å². The molecule has 0 bridgehead atoms. The highest BCUT2D eigenvalue weighted by atomic mass is 19.1.